The minimum atomic E-state index is 0.119. The number of rotatable bonds is 3. The lowest BCUT2D eigenvalue weighted by molar-refractivity contribution is -0.106. The second kappa shape index (κ2) is 5.89. The highest BCUT2D eigenvalue weighted by atomic mass is 35.5. The molecular formula is C13H15ClN2O2. The zero-order chi connectivity index (χ0) is 13.0. The van der Waals surface area contributed by atoms with Gasteiger partial charge in [0.2, 0.25) is 0 Å². The predicted molar refractivity (Wildman–Crippen MR) is 71.6 cm³/mol. The summed E-state index contributed by atoms with van der Waals surface area (Å²) >= 11 is 5.88. The lowest BCUT2D eigenvalue weighted by Crippen LogP contribution is -2.43. The molecule has 2 N–H and O–H groups in total. The maximum Gasteiger partial charge on any atom is 0.166 e. The monoisotopic (exact) mass is 266 g/mol. The van der Waals surface area contributed by atoms with Crippen LogP contribution in [0.4, 0.5) is 0 Å². The second-order valence-corrected chi connectivity index (χ2v) is 4.56. The zero-order valence-electron chi connectivity index (χ0n) is 9.90. The molecule has 1 fully saturated rings. The zero-order valence-corrected chi connectivity index (χ0v) is 10.7. The Hall–Kier alpha value is -1.52. The van der Waals surface area contributed by atoms with Crippen LogP contribution in [0, 0.1) is 0 Å². The summed E-state index contributed by atoms with van der Waals surface area (Å²) < 4.78 is 0. The van der Waals surface area contributed by atoms with E-state index in [4.69, 9.17) is 11.6 Å². The van der Waals surface area contributed by atoms with E-state index < -0.39 is 0 Å². The van der Waals surface area contributed by atoms with Crippen molar-refractivity contribution in [2.75, 3.05) is 26.2 Å². The van der Waals surface area contributed by atoms with Crippen molar-refractivity contribution >= 4 is 24.0 Å². The van der Waals surface area contributed by atoms with Gasteiger partial charge in [-0.3, -0.25) is 4.79 Å². The standard InChI is InChI=1S/C13H15ClN2O2/c14-11-1-2-13(18)10(7-11)8-12(9-17)16-5-3-15-4-6-16/h1-2,7-9,15,18H,3-6H2/b12-8-. The molecule has 1 saturated heterocycles. The van der Waals surface area contributed by atoms with Gasteiger partial charge in [-0.1, -0.05) is 11.6 Å². The second-order valence-electron chi connectivity index (χ2n) is 4.13. The van der Waals surface area contributed by atoms with Crippen LogP contribution in [0.15, 0.2) is 23.9 Å². The Bertz CT molecular complexity index is 468. The first-order chi connectivity index (χ1) is 8.70. The van der Waals surface area contributed by atoms with Crippen LogP contribution in [0.1, 0.15) is 5.56 Å². The van der Waals surface area contributed by atoms with E-state index in [-0.39, 0.29) is 5.75 Å². The highest BCUT2D eigenvalue weighted by molar-refractivity contribution is 6.30. The van der Waals surface area contributed by atoms with Crippen molar-refractivity contribution in [1.82, 2.24) is 10.2 Å². The molecule has 5 heteroatoms. The van der Waals surface area contributed by atoms with Crippen molar-refractivity contribution < 1.29 is 9.90 Å². The summed E-state index contributed by atoms with van der Waals surface area (Å²) in [4.78, 5) is 13.1. The normalized spacial score (nSPS) is 16.7. The summed E-state index contributed by atoms with van der Waals surface area (Å²) in [6.07, 6.45) is 2.48. The highest BCUT2D eigenvalue weighted by Gasteiger charge is 2.13. The van der Waals surface area contributed by atoms with Crippen molar-refractivity contribution in [2.24, 2.45) is 0 Å². The molecule has 0 saturated carbocycles. The van der Waals surface area contributed by atoms with Gasteiger partial charge in [-0.15, -0.1) is 0 Å². The van der Waals surface area contributed by atoms with Crippen molar-refractivity contribution in [1.29, 1.82) is 0 Å². The first-order valence-electron chi connectivity index (χ1n) is 5.82. The largest absolute Gasteiger partial charge is 0.507 e. The predicted octanol–water partition coefficient (Wildman–Crippen LogP) is 1.49. The van der Waals surface area contributed by atoms with Crippen molar-refractivity contribution in [2.45, 2.75) is 0 Å². The molecule has 1 aliphatic heterocycles. The minimum absolute atomic E-state index is 0.119. The van der Waals surface area contributed by atoms with Crippen LogP contribution < -0.4 is 5.32 Å². The number of phenolic OH excluding ortho intramolecular Hbond substituents is 1. The van der Waals surface area contributed by atoms with Gasteiger partial charge in [0.1, 0.15) is 5.75 Å². The van der Waals surface area contributed by atoms with Crippen LogP contribution in [-0.2, 0) is 4.79 Å². The Balaban J connectivity index is 2.27. The average Bonchev–Trinajstić information content (AvgIpc) is 2.41. The number of halogens is 1. The summed E-state index contributed by atoms with van der Waals surface area (Å²) in [6, 6.07) is 4.77. The SMILES string of the molecule is O=C/C(=C/c1cc(Cl)ccc1O)N1CCNCC1. The summed E-state index contributed by atoms with van der Waals surface area (Å²) in [6.45, 7) is 3.28. The van der Waals surface area contributed by atoms with Crippen LogP contribution >= 0.6 is 11.6 Å². The van der Waals surface area contributed by atoms with Crippen LogP contribution in [0.25, 0.3) is 6.08 Å². The van der Waals surface area contributed by atoms with Gasteiger partial charge in [-0.25, -0.2) is 0 Å². The molecule has 18 heavy (non-hydrogen) atoms. The molecule has 0 aliphatic carbocycles. The van der Waals surface area contributed by atoms with Gasteiger partial charge in [-0.05, 0) is 24.3 Å². The van der Waals surface area contributed by atoms with Gasteiger partial charge in [-0.2, -0.15) is 0 Å². The van der Waals surface area contributed by atoms with Crippen LogP contribution in [0.3, 0.4) is 0 Å². The Morgan fingerprint density at radius 2 is 2.11 bits per heavy atom. The van der Waals surface area contributed by atoms with Gasteiger partial charge in [0.25, 0.3) is 0 Å². The number of aldehydes is 1. The fourth-order valence-corrected chi connectivity index (χ4v) is 2.10. The number of piperazine rings is 1. The smallest absolute Gasteiger partial charge is 0.166 e. The molecule has 96 valence electrons. The first kappa shape index (κ1) is 12.9. The number of carbonyl (C=O) groups excluding carboxylic acids is 1. The molecular weight excluding hydrogens is 252 g/mol. The molecule has 1 aromatic rings. The molecule has 0 unspecified atom stereocenters. The lowest BCUT2D eigenvalue weighted by Gasteiger charge is -2.29. The third-order valence-corrected chi connectivity index (χ3v) is 3.13. The van der Waals surface area contributed by atoms with Gasteiger partial charge in [0.15, 0.2) is 6.29 Å². The quantitative estimate of drug-likeness (QED) is 0.643. The summed E-state index contributed by atoms with van der Waals surface area (Å²) in [5, 5.41) is 13.5. The molecule has 0 atom stereocenters. The van der Waals surface area contributed by atoms with Gasteiger partial charge in [0.05, 0.1) is 5.70 Å². The number of hydrogen-bond acceptors (Lipinski definition) is 4. The lowest BCUT2D eigenvalue weighted by atomic mass is 10.1. The number of allylic oxidation sites excluding steroid dienone is 1. The van der Waals surface area contributed by atoms with E-state index in [1.807, 2.05) is 4.90 Å². The third kappa shape index (κ3) is 3.03. The third-order valence-electron chi connectivity index (χ3n) is 2.90. The number of hydrogen-bond donors (Lipinski definition) is 2. The van der Waals surface area contributed by atoms with Crippen LogP contribution in [-0.4, -0.2) is 42.5 Å². The molecule has 0 aromatic heterocycles. The Morgan fingerprint density at radius 1 is 1.39 bits per heavy atom. The number of benzene rings is 1. The Labute approximate surface area is 111 Å². The molecule has 1 aromatic carbocycles. The Kier molecular flexibility index (Phi) is 4.23. The van der Waals surface area contributed by atoms with Gasteiger partial charge < -0.3 is 15.3 Å². The number of carbonyl (C=O) groups is 1. The van der Waals surface area contributed by atoms with Crippen molar-refractivity contribution in [3.05, 3.63) is 34.5 Å². The maximum absolute atomic E-state index is 11.2. The van der Waals surface area contributed by atoms with Gasteiger partial charge in [0, 0.05) is 36.8 Å². The molecule has 1 heterocycles. The molecule has 1 aliphatic rings. The summed E-state index contributed by atoms with van der Waals surface area (Å²) in [5.74, 6) is 0.119. The first-order valence-corrected chi connectivity index (χ1v) is 6.19. The van der Waals surface area contributed by atoms with E-state index >= 15 is 0 Å². The van der Waals surface area contributed by atoms with E-state index in [0.29, 0.717) is 16.3 Å². The van der Waals surface area contributed by atoms with Crippen molar-refractivity contribution in [3.8, 4) is 5.75 Å². The summed E-state index contributed by atoms with van der Waals surface area (Å²) in [7, 11) is 0. The molecule has 2 rings (SSSR count). The average molecular weight is 267 g/mol. The van der Waals surface area contributed by atoms with Crippen molar-refractivity contribution in [3.63, 3.8) is 0 Å². The molecule has 4 nitrogen and oxygen atoms in total. The minimum Gasteiger partial charge on any atom is -0.507 e. The van der Waals surface area contributed by atoms with Crippen LogP contribution in [0.5, 0.6) is 5.75 Å². The molecule has 0 amide bonds. The van der Waals surface area contributed by atoms with E-state index in [2.05, 4.69) is 5.32 Å². The summed E-state index contributed by atoms with van der Waals surface area (Å²) in [5.41, 5.74) is 1.12. The number of nitrogens with zero attached hydrogens (tertiary/aromatic N) is 1. The molecule has 0 radical (unpaired) electrons. The van der Waals surface area contributed by atoms with E-state index in [9.17, 15) is 9.90 Å². The highest BCUT2D eigenvalue weighted by Crippen LogP contribution is 2.24. The molecule has 0 spiro atoms. The topological polar surface area (TPSA) is 52.6 Å². The van der Waals surface area contributed by atoms with E-state index in [1.54, 1.807) is 18.2 Å². The van der Waals surface area contributed by atoms with E-state index in [0.717, 1.165) is 32.5 Å². The van der Waals surface area contributed by atoms with Crippen LogP contribution in [0.2, 0.25) is 5.02 Å². The van der Waals surface area contributed by atoms with E-state index in [1.165, 1.54) is 6.07 Å². The molecule has 0 bridgehead atoms. The number of phenols is 1. The van der Waals surface area contributed by atoms with Gasteiger partial charge >= 0.3 is 0 Å². The fourth-order valence-electron chi connectivity index (χ4n) is 1.92. The maximum atomic E-state index is 11.2. The number of aromatic hydroxyl groups is 1. The fraction of sp³-hybridized carbons (Fsp3) is 0.308. The number of nitrogens with one attached hydrogen (secondary N) is 1. The Morgan fingerprint density at radius 3 is 2.78 bits per heavy atom.